The lowest BCUT2D eigenvalue weighted by atomic mass is 9.88. The molecule has 2 aromatic rings. The van der Waals surface area contributed by atoms with Crippen molar-refractivity contribution in [1.82, 2.24) is 0 Å². The maximum absolute atomic E-state index is 5.39. The van der Waals surface area contributed by atoms with Crippen molar-refractivity contribution in [3.63, 3.8) is 0 Å². The van der Waals surface area contributed by atoms with E-state index in [4.69, 9.17) is 5.73 Å². The highest BCUT2D eigenvalue weighted by Crippen LogP contribution is 2.37. The fourth-order valence-electron chi connectivity index (χ4n) is 3.82. The molecule has 0 amide bonds. The summed E-state index contributed by atoms with van der Waals surface area (Å²) >= 11 is 0. The van der Waals surface area contributed by atoms with Gasteiger partial charge in [0.25, 0.3) is 0 Å². The van der Waals surface area contributed by atoms with E-state index in [1.165, 1.54) is 27.8 Å². The first-order valence-corrected chi connectivity index (χ1v) is 10.6. The van der Waals surface area contributed by atoms with Gasteiger partial charge in [-0.25, -0.2) is 0 Å². The Morgan fingerprint density at radius 2 is 1.47 bits per heavy atom. The van der Waals surface area contributed by atoms with Crippen LogP contribution in [0.4, 0.5) is 0 Å². The van der Waals surface area contributed by atoms with Crippen LogP contribution in [0.25, 0.3) is 5.57 Å². The van der Waals surface area contributed by atoms with Gasteiger partial charge in [0.2, 0.25) is 0 Å². The predicted molar refractivity (Wildman–Crippen MR) is 133 cm³/mol. The zero-order valence-corrected chi connectivity index (χ0v) is 18.6. The van der Waals surface area contributed by atoms with Crippen LogP contribution in [0.3, 0.4) is 0 Å². The molecule has 0 aromatic heterocycles. The minimum atomic E-state index is 0.509. The number of aryl methyl sites for hydroxylation is 2. The molecule has 0 spiro atoms. The van der Waals surface area contributed by atoms with Crippen molar-refractivity contribution in [2.24, 2.45) is 10.7 Å². The summed E-state index contributed by atoms with van der Waals surface area (Å²) in [4.78, 5) is 3.76. The Labute approximate surface area is 182 Å². The minimum absolute atomic E-state index is 0.509. The fraction of sp³-hybridized carbons (Fsp3) is 0.250. The third kappa shape index (κ3) is 5.70. The maximum Gasteiger partial charge on any atom is 0.0314 e. The summed E-state index contributed by atoms with van der Waals surface area (Å²) in [5, 5.41) is 0. The zero-order valence-electron chi connectivity index (χ0n) is 18.6. The van der Waals surface area contributed by atoms with Crippen LogP contribution in [0.2, 0.25) is 0 Å². The second-order valence-electron chi connectivity index (χ2n) is 7.26. The SMILES string of the molecule is C=C/C(=C\C=NC)C(=C)N.CCC(CC)=C1c2ccccc2CCc2ccccc21. The van der Waals surface area contributed by atoms with Gasteiger partial charge < -0.3 is 5.73 Å². The minimum Gasteiger partial charge on any atom is -0.399 e. The molecule has 1 aliphatic rings. The van der Waals surface area contributed by atoms with Crippen LogP contribution in [-0.4, -0.2) is 13.3 Å². The summed E-state index contributed by atoms with van der Waals surface area (Å²) in [6.07, 6.45) is 9.62. The molecule has 0 heterocycles. The number of hydrogen-bond acceptors (Lipinski definition) is 2. The van der Waals surface area contributed by atoms with Crippen molar-refractivity contribution in [2.45, 2.75) is 39.5 Å². The third-order valence-electron chi connectivity index (χ3n) is 5.44. The summed E-state index contributed by atoms with van der Waals surface area (Å²) in [6.45, 7) is 11.7. The average molecular weight is 399 g/mol. The highest BCUT2D eigenvalue weighted by Gasteiger charge is 2.19. The Bertz CT molecular complexity index is 918. The molecule has 2 aromatic carbocycles. The molecule has 0 saturated carbocycles. The van der Waals surface area contributed by atoms with Crippen LogP contribution in [-0.2, 0) is 12.8 Å². The first-order valence-electron chi connectivity index (χ1n) is 10.6. The normalized spacial score (nSPS) is 12.9. The summed E-state index contributed by atoms with van der Waals surface area (Å²) in [7, 11) is 1.69. The van der Waals surface area contributed by atoms with E-state index in [0.29, 0.717) is 5.70 Å². The van der Waals surface area contributed by atoms with Crippen LogP contribution in [0.5, 0.6) is 0 Å². The van der Waals surface area contributed by atoms with E-state index in [1.807, 2.05) is 0 Å². The van der Waals surface area contributed by atoms with Crippen molar-refractivity contribution in [3.05, 3.63) is 113 Å². The lowest BCUT2D eigenvalue weighted by Gasteiger charge is -2.16. The largest absolute Gasteiger partial charge is 0.399 e. The molecular weight excluding hydrogens is 364 g/mol. The molecule has 0 aliphatic heterocycles. The van der Waals surface area contributed by atoms with E-state index >= 15 is 0 Å². The van der Waals surface area contributed by atoms with E-state index in [2.05, 4.69) is 80.5 Å². The second-order valence-corrected chi connectivity index (χ2v) is 7.26. The molecule has 0 unspecified atom stereocenters. The molecule has 1 aliphatic carbocycles. The van der Waals surface area contributed by atoms with Gasteiger partial charge in [0, 0.05) is 19.0 Å². The molecule has 30 heavy (non-hydrogen) atoms. The van der Waals surface area contributed by atoms with Gasteiger partial charge in [-0.15, -0.1) is 0 Å². The Balaban J connectivity index is 0.000000274. The van der Waals surface area contributed by atoms with Gasteiger partial charge in [-0.05, 0) is 65.2 Å². The molecule has 156 valence electrons. The van der Waals surface area contributed by atoms with Crippen LogP contribution in [0.1, 0.15) is 48.9 Å². The van der Waals surface area contributed by atoms with E-state index in [-0.39, 0.29) is 0 Å². The van der Waals surface area contributed by atoms with Crippen LogP contribution < -0.4 is 5.73 Å². The van der Waals surface area contributed by atoms with E-state index in [1.54, 1.807) is 31.0 Å². The van der Waals surface area contributed by atoms with Gasteiger partial charge in [0.05, 0.1) is 0 Å². The van der Waals surface area contributed by atoms with Crippen molar-refractivity contribution in [2.75, 3.05) is 7.05 Å². The number of hydrogen-bond donors (Lipinski definition) is 1. The van der Waals surface area contributed by atoms with Crippen molar-refractivity contribution in [1.29, 1.82) is 0 Å². The molecule has 0 fully saturated rings. The molecule has 0 bridgehead atoms. The predicted octanol–water partition coefficient (Wildman–Crippen LogP) is 6.68. The summed E-state index contributed by atoms with van der Waals surface area (Å²) in [6, 6.07) is 17.9. The number of aliphatic imine (C=N–C) groups is 1. The highest BCUT2D eigenvalue weighted by atomic mass is 14.6. The van der Waals surface area contributed by atoms with Gasteiger partial charge in [-0.3, -0.25) is 4.99 Å². The zero-order chi connectivity index (χ0) is 21.9. The van der Waals surface area contributed by atoms with Gasteiger partial charge in [-0.1, -0.05) is 87.2 Å². The molecule has 2 nitrogen and oxygen atoms in total. The Hall–Kier alpha value is -3.13. The number of nitrogens with two attached hydrogens (primary N) is 1. The topological polar surface area (TPSA) is 38.4 Å². The monoisotopic (exact) mass is 398 g/mol. The van der Waals surface area contributed by atoms with E-state index < -0.39 is 0 Å². The fourth-order valence-corrected chi connectivity index (χ4v) is 3.82. The lowest BCUT2D eigenvalue weighted by Crippen LogP contribution is -1.96. The standard InChI is InChI=1S/C20H22.C8H12N2/c1-3-15(4-2)20-18-11-7-5-9-16(18)13-14-17-10-6-8-12-19(17)20;1-4-8(7(2)9)5-6-10-3/h5-12H,3-4,13-14H2,1-2H3;4-6H,1-2,9H2,3H3/b;8-5+,10-6?. The van der Waals surface area contributed by atoms with Crippen LogP contribution in [0, 0.1) is 0 Å². The van der Waals surface area contributed by atoms with E-state index in [0.717, 1.165) is 31.3 Å². The lowest BCUT2D eigenvalue weighted by molar-refractivity contribution is 0.965. The molecule has 2 N–H and O–H groups in total. The first kappa shape index (κ1) is 23.2. The van der Waals surface area contributed by atoms with Gasteiger partial charge in [-0.2, -0.15) is 0 Å². The molecule has 2 heteroatoms. The molecular formula is C28H34N2. The van der Waals surface area contributed by atoms with Crippen molar-refractivity contribution < 1.29 is 0 Å². The molecule has 3 rings (SSSR count). The van der Waals surface area contributed by atoms with Gasteiger partial charge >= 0.3 is 0 Å². The van der Waals surface area contributed by atoms with Crippen LogP contribution >= 0.6 is 0 Å². The summed E-state index contributed by atoms with van der Waals surface area (Å²) in [5.74, 6) is 0. The van der Waals surface area contributed by atoms with E-state index in [9.17, 15) is 0 Å². The van der Waals surface area contributed by atoms with Crippen molar-refractivity contribution in [3.8, 4) is 0 Å². The van der Waals surface area contributed by atoms with Gasteiger partial charge in [0.15, 0.2) is 0 Å². The van der Waals surface area contributed by atoms with Crippen LogP contribution in [0.15, 0.2) is 95.7 Å². The number of allylic oxidation sites excluding steroid dienone is 3. The average Bonchev–Trinajstić information content (AvgIpc) is 2.93. The Morgan fingerprint density at radius 3 is 1.87 bits per heavy atom. The number of fused-ring (bicyclic) bond motifs is 2. The highest BCUT2D eigenvalue weighted by molar-refractivity contribution is 5.86. The number of benzene rings is 2. The Morgan fingerprint density at radius 1 is 0.967 bits per heavy atom. The number of nitrogens with zero attached hydrogens (tertiary/aromatic N) is 1. The van der Waals surface area contributed by atoms with Crippen molar-refractivity contribution >= 4 is 11.8 Å². The Kier molecular flexibility index (Phi) is 9.08. The second kappa shape index (κ2) is 11.8. The molecule has 0 saturated heterocycles. The maximum atomic E-state index is 5.39. The summed E-state index contributed by atoms with van der Waals surface area (Å²) in [5.41, 5.74) is 15.7. The summed E-state index contributed by atoms with van der Waals surface area (Å²) < 4.78 is 0. The molecule has 0 radical (unpaired) electrons. The third-order valence-corrected chi connectivity index (χ3v) is 5.44. The molecule has 0 atom stereocenters. The van der Waals surface area contributed by atoms with Gasteiger partial charge in [0.1, 0.15) is 0 Å². The number of rotatable bonds is 5. The smallest absolute Gasteiger partial charge is 0.0314 e. The quantitative estimate of drug-likeness (QED) is 0.443. The first-order chi connectivity index (χ1) is 14.6.